The summed E-state index contributed by atoms with van der Waals surface area (Å²) in [5.74, 6) is 1.18. The Balaban J connectivity index is 1.56. The molecule has 1 aromatic carbocycles. The van der Waals surface area contributed by atoms with E-state index >= 15 is 0 Å². The van der Waals surface area contributed by atoms with Crippen LogP contribution in [0.3, 0.4) is 0 Å². The molecule has 1 atom stereocenters. The Kier molecular flexibility index (Phi) is 3.69. The van der Waals surface area contributed by atoms with Crippen LogP contribution in [0.25, 0.3) is 10.7 Å². The zero-order valence-corrected chi connectivity index (χ0v) is 14.3. The number of benzene rings is 1. The highest BCUT2D eigenvalue weighted by Crippen LogP contribution is 2.33. The Bertz CT molecular complexity index is 886. The lowest BCUT2D eigenvalue weighted by Crippen LogP contribution is -2.24. The molecule has 24 heavy (non-hydrogen) atoms. The maximum atomic E-state index is 12.4. The molecule has 0 saturated carbocycles. The normalized spacial score (nSPS) is 17.7. The largest absolute Gasteiger partial charge is 0.339 e. The highest BCUT2D eigenvalue weighted by molar-refractivity contribution is 7.13. The van der Waals surface area contributed by atoms with Gasteiger partial charge in [0.05, 0.1) is 10.8 Å². The number of rotatable bonds is 3. The minimum atomic E-state index is -0.0553. The lowest BCUT2D eigenvalue weighted by Gasteiger charge is -2.17. The van der Waals surface area contributed by atoms with Crippen molar-refractivity contribution in [2.45, 2.75) is 26.2 Å². The summed E-state index contributed by atoms with van der Waals surface area (Å²) in [6.45, 7) is 4.70. The lowest BCUT2D eigenvalue weighted by molar-refractivity contribution is -0.117. The summed E-state index contributed by atoms with van der Waals surface area (Å²) in [7, 11) is 0. The zero-order chi connectivity index (χ0) is 16.7. The SMILES string of the molecule is Cc1ccc(N2C[C@H](c3nc(-c4cccs4)no3)CC2=O)cc1C. The molecule has 1 aliphatic heterocycles. The van der Waals surface area contributed by atoms with Gasteiger partial charge in [0, 0.05) is 18.7 Å². The second-order valence-electron chi connectivity index (χ2n) is 6.11. The van der Waals surface area contributed by atoms with Crippen LogP contribution >= 0.6 is 11.3 Å². The molecule has 0 N–H and O–H groups in total. The highest BCUT2D eigenvalue weighted by atomic mass is 32.1. The number of anilines is 1. The van der Waals surface area contributed by atoms with Crippen molar-refractivity contribution in [3.63, 3.8) is 0 Å². The number of hydrogen-bond acceptors (Lipinski definition) is 5. The van der Waals surface area contributed by atoms with E-state index in [0.29, 0.717) is 24.7 Å². The topological polar surface area (TPSA) is 59.2 Å². The summed E-state index contributed by atoms with van der Waals surface area (Å²) in [5.41, 5.74) is 3.34. The predicted molar refractivity (Wildman–Crippen MR) is 93.2 cm³/mol. The highest BCUT2D eigenvalue weighted by Gasteiger charge is 2.35. The van der Waals surface area contributed by atoms with E-state index in [9.17, 15) is 4.79 Å². The molecule has 0 unspecified atom stereocenters. The van der Waals surface area contributed by atoms with Crippen LogP contribution in [-0.2, 0) is 4.79 Å². The predicted octanol–water partition coefficient (Wildman–Crippen LogP) is 3.94. The second kappa shape index (κ2) is 5.87. The van der Waals surface area contributed by atoms with Crippen molar-refractivity contribution in [3.05, 3.63) is 52.7 Å². The number of hydrogen-bond donors (Lipinski definition) is 0. The fraction of sp³-hybridized carbons (Fsp3) is 0.278. The van der Waals surface area contributed by atoms with Gasteiger partial charge in [-0.2, -0.15) is 4.98 Å². The first-order valence-corrected chi connectivity index (χ1v) is 8.75. The summed E-state index contributed by atoms with van der Waals surface area (Å²) in [6, 6.07) is 10.0. The average molecular weight is 339 g/mol. The van der Waals surface area contributed by atoms with E-state index < -0.39 is 0 Å². The van der Waals surface area contributed by atoms with Gasteiger partial charge in [-0.1, -0.05) is 17.3 Å². The molecule has 122 valence electrons. The van der Waals surface area contributed by atoms with E-state index in [-0.39, 0.29) is 11.8 Å². The molecule has 0 radical (unpaired) electrons. The third-order valence-electron chi connectivity index (χ3n) is 4.46. The lowest BCUT2D eigenvalue weighted by atomic mass is 10.1. The number of amides is 1. The van der Waals surface area contributed by atoms with Gasteiger partial charge >= 0.3 is 0 Å². The molecular formula is C18H17N3O2S. The molecule has 6 heteroatoms. The van der Waals surface area contributed by atoms with Gasteiger partial charge in [-0.15, -0.1) is 11.3 Å². The van der Waals surface area contributed by atoms with Crippen LogP contribution in [0, 0.1) is 13.8 Å². The number of carbonyl (C=O) groups is 1. The first-order valence-electron chi connectivity index (χ1n) is 7.87. The zero-order valence-electron chi connectivity index (χ0n) is 13.5. The third kappa shape index (κ3) is 2.63. The molecular weight excluding hydrogens is 322 g/mol. The van der Waals surface area contributed by atoms with Crippen molar-refractivity contribution in [3.8, 4) is 10.7 Å². The molecule has 3 heterocycles. The molecule has 0 aliphatic carbocycles. The summed E-state index contributed by atoms with van der Waals surface area (Å²) >= 11 is 1.57. The van der Waals surface area contributed by atoms with E-state index in [4.69, 9.17) is 4.52 Å². The summed E-state index contributed by atoms with van der Waals surface area (Å²) in [4.78, 5) is 19.7. The van der Waals surface area contributed by atoms with Gasteiger partial charge in [-0.05, 0) is 48.6 Å². The fourth-order valence-electron chi connectivity index (χ4n) is 2.92. The molecule has 1 saturated heterocycles. The van der Waals surface area contributed by atoms with Crippen LogP contribution < -0.4 is 4.90 Å². The van der Waals surface area contributed by atoms with Crippen LogP contribution in [0.15, 0.2) is 40.2 Å². The number of nitrogens with zero attached hydrogens (tertiary/aromatic N) is 3. The van der Waals surface area contributed by atoms with E-state index in [1.807, 2.05) is 34.5 Å². The van der Waals surface area contributed by atoms with Gasteiger partial charge in [0.25, 0.3) is 0 Å². The van der Waals surface area contributed by atoms with Crippen molar-refractivity contribution in [2.75, 3.05) is 11.4 Å². The van der Waals surface area contributed by atoms with Gasteiger partial charge < -0.3 is 9.42 Å². The number of aromatic nitrogens is 2. The first kappa shape index (κ1) is 15.1. The van der Waals surface area contributed by atoms with E-state index in [0.717, 1.165) is 10.6 Å². The Morgan fingerprint density at radius 3 is 2.88 bits per heavy atom. The molecule has 1 aliphatic rings. The van der Waals surface area contributed by atoms with Crippen LogP contribution in [0.2, 0.25) is 0 Å². The molecule has 4 rings (SSSR count). The Hall–Kier alpha value is -2.47. The summed E-state index contributed by atoms with van der Waals surface area (Å²) < 4.78 is 5.41. The van der Waals surface area contributed by atoms with Crippen LogP contribution in [-0.4, -0.2) is 22.6 Å². The second-order valence-corrected chi connectivity index (χ2v) is 7.06. The van der Waals surface area contributed by atoms with Gasteiger partial charge in [0.15, 0.2) is 0 Å². The molecule has 1 amide bonds. The van der Waals surface area contributed by atoms with Gasteiger partial charge in [-0.25, -0.2) is 0 Å². The standard InChI is InChI=1S/C18H17N3O2S/c1-11-5-6-14(8-12(11)2)21-10-13(9-16(21)22)18-19-17(20-23-18)15-4-3-7-24-15/h3-8,13H,9-10H2,1-2H3/t13-/m1/s1. The molecule has 0 spiro atoms. The quantitative estimate of drug-likeness (QED) is 0.725. The van der Waals surface area contributed by atoms with E-state index in [2.05, 4.69) is 30.1 Å². The Labute approximate surface area is 143 Å². The van der Waals surface area contributed by atoms with Gasteiger partial charge in [-0.3, -0.25) is 4.79 Å². The minimum absolute atomic E-state index is 0.0553. The van der Waals surface area contributed by atoms with Crippen LogP contribution in [0.4, 0.5) is 5.69 Å². The summed E-state index contributed by atoms with van der Waals surface area (Å²) in [5, 5.41) is 6.02. The first-order chi connectivity index (χ1) is 11.6. The van der Waals surface area contributed by atoms with Crippen LogP contribution in [0.5, 0.6) is 0 Å². The number of thiophene rings is 1. The number of carbonyl (C=O) groups excluding carboxylic acids is 1. The maximum absolute atomic E-state index is 12.4. The monoisotopic (exact) mass is 339 g/mol. The summed E-state index contributed by atoms with van der Waals surface area (Å²) in [6.07, 6.45) is 0.402. The van der Waals surface area contributed by atoms with Crippen molar-refractivity contribution < 1.29 is 9.32 Å². The number of aryl methyl sites for hydroxylation is 2. The smallest absolute Gasteiger partial charge is 0.232 e. The molecule has 2 aromatic heterocycles. The average Bonchev–Trinajstić information content (AvgIpc) is 3.28. The van der Waals surface area contributed by atoms with Crippen molar-refractivity contribution in [1.29, 1.82) is 0 Å². The van der Waals surface area contributed by atoms with Crippen molar-refractivity contribution in [1.82, 2.24) is 10.1 Å². The fourth-order valence-corrected chi connectivity index (χ4v) is 3.57. The van der Waals surface area contributed by atoms with Gasteiger partial charge in [0.1, 0.15) is 0 Å². The maximum Gasteiger partial charge on any atom is 0.232 e. The third-order valence-corrected chi connectivity index (χ3v) is 5.33. The minimum Gasteiger partial charge on any atom is -0.339 e. The van der Waals surface area contributed by atoms with Crippen molar-refractivity contribution in [2.24, 2.45) is 0 Å². The van der Waals surface area contributed by atoms with E-state index in [1.165, 1.54) is 11.1 Å². The Morgan fingerprint density at radius 1 is 1.25 bits per heavy atom. The molecule has 1 fully saturated rings. The Morgan fingerprint density at radius 2 is 2.12 bits per heavy atom. The van der Waals surface area contributed by atoms with Crippen molar-refractivity contribution >= 4 is 22.9 Å². The van der Waals surface area contributed by atoms with Gasteiger partial charge in [0.2, 0.25) is 17.6 Å². The van der Waals surface area contributed by atoms with E-state index in [1.54, 1.807) is 11.3 Å². The molecule has 3 aromatic rings. The molecule has 5 nitrogen and oxygen atoms in total. The molecule has 0 bridgehead atoms. The van der Waals surface area contributed by atoms with Crippen LogP contribution in [0.1, 0.15) is 29.4 Å².